The topological polar surface area (TPSA) is 38.5 Å². The van der Waals surface area contributed by atoms with Crippen LogP contribution in [0.2, 0.25) is 0 Å². The van der Waals surface area contributed by atoms with Crippen LogP contribution < -0.4 is 15.4 Å². The normalized spacial score (nSPS) is 21.0. The van der Waals surface area contributed by atoms with Gasteiger partial charge in [0.15, 0.2) is 0 Å². The molecule has 0 spiro atoms. The van der Waals surface area contributed by atoms with Gasteiger partial charge < -0.3 is 15.4 Å². The number of hydrogen-bond donors (Lipinski definition) is 1. The third-order valence-electron chi connectivity index (χ3n) is 4.60. The number of methoxy groups -OCH3 is 1. The average Bonchev–Trinajstić information content (AvgIpc) is 2.72. The molecule has 1 aliphatic heterocycles. The van der Waals surface area contributed by atoms with E-state index in [2.05, 4.69) is 24.0 Å². The van der Waals surface area contributed by atoms with Crippen LogP contribution in [-0.4, -0.2) is 20.2 Å². The van der Waals surface area contributed by atoms with Gasteiger partial charge in [0.2, 0.25) is 0 Å². The molecule has 0 bridgehead atoms. The van der Waals surface area contributed by atoms with Crippen LogP contribution in [0, 0.1) is 5.92 Å². The standard InChI is InChI=1S/C18H30N2O/c1-4-7-15-8-6-12-20(13-11-15)16-9-5-10-17(21-3)18(16)14(2)19/h5,9-10,14-15H,4,6-8,11-13,19H2,1-3H3/t14-,15?/m1/s1. The zero-order valence-corrected chi connectivity index (χ0v) is 13.8. The molecule has 2 atom stereocenters. The lowest BCUT2D eigenvalue weighted by Gasteiger charge is -2.28. The van der Waals surface area contributed by atoms with Gasteiger partial charge in [-0.05, 0) is 44.2 Å². The van der Waals surface area contributed by atoms with Crippen LogP contribution in [-0.2, 0) is 0 Å². The van der Waals surface area contributed by atoms with Crippen LogP contribution in [0.5, 0.6) is 5.75 Å². The minimum absolute atomic E-state index is 0.00848. The summed E-state index contributed by atoms with van der Waals surface area (Å²) < 4.78 is 5.52. The van der Waals surface area contributed by atoms with Crippen molar-refractivity contribution in [1.82, 2.24) is 0 Å². The lowest BCUT2D eigenvalue weighted by atomic mass is 9.96. The highest BCUT2D eigenvalue weighted by Crippen LogP contribution is 2.35. The van der Waals surface area contributed by atoms with Gasteiger partial charge >= 0.3 is 0 Å². The minimum atomic E-state index is -0.00848. The van der Waals surface area contributed by atoms with Gasteiger partial charge in [0.05, 0.1) is 7.11 Å². The summed E-state index contributed by atoms with van der Waals surface area (Å²) in [5.74, 6) is 1.81. The van der Waals surface area contributed by atoms with Crippen LogP contribution in [0.15, 0.2) is 18.2 Å². The molecule has 118 valence electrons. The Kier molecular flexibility index (Phi) is 5.92. The molecule has 21 heavy (non-hydrogen) atoms. The molecular formula is C18H30N2O. The molecule has 1 fully saturated rings. The molecule has 2 N–H and O–H groups in total. The second-order valence-electron chi connectivity index (χ2n) is 6.25. The number of hydrogen-bond acceptors (Lipinski definition) is 3. The molecule has 2 rings (SSSR count). The largest absolute Gasteiger partial charge is 0.496 e. The van der Waals surface area contributed by atoms with Crippen LogP contribution >= 0.6 is 0 Å². The van der Waals surface area contributed by atoms with Gasteiger partial charge in [-0.25, -0.2) is 0 Å². The molecule has 1 aromatic carbocycles. The second kappa shape index (κ2) is 7.69. The van der Waals surface area contributed by atoms with E-state index in [1.165, 1.54) is 37.8 Å². The number of benzene rings is 1. The van der Waals surface area contributed by atoms with E-state index in [0.717, 1.165) is 30.3 Å². The smallest absolute Gasteiger partial charge is 0.125 e. The maximum atomic E-state index is 6.20. The first-order chi connectivity index (χ1) is 10.2. The van der Waals surface area contributed by atoms with E-state index in [4.69, 9.17) is 10.5 Å². The predicted octanol–water partition coefficient (Wildman–Crippen LogP) is 4.12. The Hall–Kier alpha value is -1.22. The highest BCUT2D eigenvalue weighted by atomic mass is 16.5. The van der Waals surface area contributed by atoms with E-state index in [-0.39, 0.29) is 6.04 Å². The molecule has 1 aliphatic rings. The maximum absolute atomic E-state index is 6.20. The zero-order valence-electron chi connectivity index (χ0n) is 13.8. The fraction of sp³-hybridized carbons (Fsp3) is 0.667. The summed E-state index contributed by atoms with van der Waals surface area (Å²) in [5.41, 5.74) is 8.62. The molecule has 1 heterocycles. The maximum Gasteiger partial charge on any atom is 0.125 e. The zero-order chi connectivity index (χ0) is 15.2. The first-order valence-electron chi connectivity index (χ1n) is 8.34. The molecule has 0 radical (unpaired) electrons. The first-order valence-corrected chi connectivity index (χ1v) is 8.34. The van der Waals surface area contributed by atoms with Gasteiger partial charge in [-0.1, -0.05) is 25.8 Å². The third-order valence-corrected chi connectivity index (χ3v) is 4.60. The lowest BCUT2D eigenvalue weighted by molar-refractivity contribution is 0.407. The fourth-order valence-corrected chi connectivity index (χ4v) is 3.55. The Morgan fingerprint density at radius 3 is 2.81 bits per heavy atom. The number of ether oxygens (including phenoxy) is 1. The van der Waals surface area contributed by atoms with Gasteiger partial charge in [-0.15, -0.1) is 0 Å². The van der Waals surface area contributed by atoms with Crippen molar-refractivity contribution in [3.63, 3.8) is 0 Å². The van der Waals surface area contributed by atoms with Gasteiger partial charge in [-0.2, -0.15) is 0 Å². The van der Waals surface area contributed by atoms with E-state index in [0.29, 0.717) is 0 Å². The quantitative estimate of drug-likeness (QED) is 0.886. The number of nitrogens with zero attached hydrogens (tertiary/aromatic N) is 1. The highest BCUT2D eigenvalue weighted by molar-refractivity contribution is 5.60. The fourth-order valence-electron chi connectivity index (χ4n) is 3.55. The third kappa shape index (κ3) is 3.91. The van der Waals surface area contributed by atoms with Crippen molar-refractivity contribution in [2.75, 3.05) is 25.1 Å². The van der Waals surface area contributed by atoms with Gasteiger partial charge in [0.25, 0.3) is 0 Å². The molecule has 1 saturated heterocycles. The van der Waals surface area contributed by atoms with E-state index >= 15 is 0 Å². The van der Waals surface area contributed by atoms with Gasteiger partial charge in [-0.3, -0.25) is 0 Å². The van der Waals surface area contributed by atoms with Crippen molar-refractivity contribution < 1.29 is 4.74 Å². The lowest BCUT2D eigenvalue weighted by Crippen LogP contribution is -2.26. The van der Waals surface area contributed by atoms with Crippen molar-refractivity contribution in [1.29, 1.82) is 0 Å². The number of rotatable bonds is 5. The summed E-state index contributed by atoms with van der Waals surface area (Å²) in [6.45, 7) is 6.60. The van der Waals surface area contributed by atoms with Crippen LogP contribution in [0.4, 0.5) is 5.69 Å². The van der Waals surface area contributed by atoms with Crippen molar-refractivity contribution >= 4 is 5.69 Å². The molecule has 0 aromatic heterocycles. The number of anilines is 1. The summed E-state index contributed by atoms with van der Waals surface area (Å²) in [6, 6.07) is 6.28. The average molecular weight is 290 g/mol. The van der Waals surface area contributed by atoms with Crippen molar-refractivity contribution in [3.05, 3.63) is 23.8 Å². The van der Waals surface area contributed by atoms with E-state index in [1.807, 2.05) is 13.0 Å². The summed E-state index contributed by atoms with van der Waals surface area (Å²) in [4.78, 5) is 2.51. The number of nitrogens with two attached hydrogens (primary N) is 1. The van der Waals surface area contributed by atoms with E-state index in [9.17, 15) is 0 Å². The van der Waals surface area contributed by atoms with Crippen molar-refractivity contribution in [2.24, 2.45) is 11.7 Å². The summed E-state index contributed by atoms with van der Waals surface area (Å²) in [5, 5.41) is 0. The van der Waals surface area contributed by atoms with Gasteiger partial charge in [0.1, 0.15) is 5.75 Å². The van der Waals surface area contributed by atoms with Crippen LogP contribution in [0.1, 0.15) is 57.6 Å². The van der Waals surface area contributed by atoms with Gasteiger partial charge in [0, 0.05) is 30.4 Å². The van der Waals surface area contributed by atoms with Crippen LogP contribution in [0.25, 0.3) is 0 Å². The predicted molar refractivity (Wildman–Crippen MR) is 90.1 cm³/mol. The first kappa shape index (κ1) is 16.2. The molecule has 3 heteroatoms. The highest BCUT2D eigenvalue weighted by Gasteiger charge is 2.21. The Morgan fingerprint density at radius 2 is 2.14 bits per heavy atom. The minimum Gasteiger partial charge on any atom is -0.496 e. The van der Waals surface area contributed by atoms with Crippen LogP contribution in [0.3, 0.4) is 0 Å². The Morgan fingerprint density at radius 1 is 1.33 bits per heavy atom. The molecule has 3 nitrogen and oxygen atoms in total. The monoisotopic (exact) mass is 290 g/mol. The molecule has 1 aromatic rings. The summed E-state index contributed by atoms with van der Waals surface area (Å²) in [6.07, 6.45) is 6.60. The van der Waals surface area contributed by atoms with Crippen molar-refractivity contribution in [3.8, 4) is 5.75 Å². The van der Waals surface area contributed by atoms with E-state index < -0.39 is 0 Å². The Balaban J connectivity index is 2.21. The summed E-state index contributed by atoms with van der Waals surface area (Å²) >= 11 is 0. The molecule has 0 aliphatic carbocycles. The summed E-state index contributed by atoms with van der Waals surface area (Å²) in [7, 11) is 1.73. The molecular weight excluding hydrogens is 260 g/mol. The second-order valence-corrected chi connectivity index (χ2v) is 6.25. The van der Waals surface area contributed by atoms with Crippen molar-refractivity contribution in [2.45, 2.75) is 52.0 Å². The molecule has 1 unspecified atom stereocenters. The molecule has 0 saturated carbocycles. The Labute approximate surface area is 129 Å². The molecule has 0 amide bonds. The SMILES string of the molecule is CCCC1CCCN(c2cccc(OC)c2[C@@H](C)N)CC1. The Bertz CT molecular complexity index is 445. The van der Waals surface area contributed by atoms with E-state index in [1.54, 1.807) is 7.11 Å².